The maximum Gasteiger partial charge on any atom is 0.291 e. The van der Waals surface area contributed by atoms with E-state index >= 15 is 0 Å². The molecule has 0 spiro atoms. The summed E-state index contributed by atoms with van der Waals surface area (Å²) in [5.74, 6) is 0.379. The van der Waals surface area contributed by atoms with Crippen LogP contribution in [0.5, 0.6) is 0 Å². The smallest absolute Gasteiger partial charge is 0.291 e. The molecule has 1 aromatic heterocycles. The van der Waals surface area contributed by atoms with Gasteiger partial charge in [0.2, 0.25) is 5.91 Å². The van der Waals surface area contributed by atoms with Crippen molar-refractivity contribution in [1.29, 1.82) is 0 Å². The highest BCUT2D eigenvalue weighted by atomic mass is 35.5. The summed E-state index contributed by atoms with van der Waals surface area (Å²) in [6.45, 7) is 4.62. The number of benzene rings is 2. The summed E-state index contributed by atoms with van der Waals surface area (Å²) in [5, 5.41) is 4.28. The number of amides is 2. The predicted molar refractivity (Wildman–Crippen MR) is 133 cm³/mol. The van der Waals surface area contributed by atoms with Gasteiger partial charge in [0.05, 0.1) is 15.7 Å². The van der Waals surface area contributed by atoms with Crippen molar-refractivity contribution < 1.29 is 14.0 Å². The lowest BCUT2D eigenvalue weighted by molar-refractivity contribution is -0.131. The molecule has 0 saturated carbocycles. The first-order valence-corrected chi connectivity index (χ1v) is 11.7. The molecular formula is C24H22Cl3N3O3. The number of nitrogens with zero attached hydrogens (tertiary/aromatic N) is 2. The molecule has 2 amide bonds. The third-order valence-electron chi connectivity index (χ3n) is 5.51. The summed E-state index contributed by atoms with van der Waals surface area (Å²) in [4.78, 5) is 28.6. The highest BCUT2D eigenvalue weighted by Gasteiger charge is 2.22. The van der Waals surface area contributed by atoms with Crippen molar-refractivity contribution in [1.82, 2.24) is 4.90 Å². The summed E-state index contributed by atoms with van der Waals surface area (Å²) in [7, 11) is 0. The molecule has 4 rings (SSSR count). The predicted octanol–water partition coefficient (Wildman–Crippen LogP) is 6.22. The topological polar surface area (TPSA) is 65.8 Å². The van der Waals surface area contributed by atoms with E-state index in [9.17, 15) is 9.59 Å². The van der Waals surface area contributed by atoms with Crippen molar-refractivity contribution in [2.75, 3.05) is 36.4 Å². The molecule has 2 heterocycles. The number of nitrogens with one attached hydrogen (secondary N) is 1. The minimum Gasteiger partial charge on any atom is -0.451 e. The highest BCUT2D eigenvalue weighted by molar-refractivity contribution is 6.36. The van der Waals surface area contributed by atoms with Crippen LogP contribution in [0.25, 0.3) is 11.3 Å². The zero-order valence-corrected chi connectivity index (χ0v) is 20.2. The second kappa shape index (κ2) is 10.1. The highest BCUT2D eigenvalue weighted by Crippen LogP contribution is 2.33. The Morgan fingerprint density at radius 2 is 1.70 bits per heavy atom. The van der Waals surface area contributed by atoms with Gasteiger partial charge in [-0.05, 0) is 48.5 Å². The van der Waals surface area contributed by atoms with E-state index in [1.165, 1.54) is 0 Å². The molecule has 0 radical (unpaired) electrons. The van der Waals surface area contributed by atoms with E-state index in [2.05, 4.69) is 10.2 Å². The fourth-order valence-electron chi connectivity index (χ4n) is 3.75. The van der Waals surface area contributed by atoms with E-state index < -0.39 is 5.91 Å². The second-order valence-electron chi connectivity index (χ2n) is 7.63. The van der Waals surface area contributed by atoms with Crippen LogP contribution in [0.1, 0.15) is 23.9 Å². The van der Waals surface area contributed by atoms with E-state index in [1.807, 2.05) is 17.9 Å². The monoisotopic (exact) mass is 505 g/mol. The van der Waals surface area contributed by atoms with Crippen LogP contribution in [0.4, 0.5) is 11.4 Å². The van der Waals surface area contributed by atoms with Gasteiger partial charge in [0.25, 0.3) is 5.91 Å². The molecule has 0 bridgehead atoms. The molecule has 0 aliphatic carbocycles. The van der Waals surface area contributed by atoms with Gasteiger partial charge >= 0.3 is 0 Å². The molecule has 0 atom stereocenters. The van der Waals surface area contributed by atoms with Crippen LogP contribution in [-0.2, 0) is 4.79 Å². The Kier molecular flexibility index (Phi) is 7.17. The third kappa shape index (κ3) is 5.29. The lowest BCUT2D eigenvalue weighted by Gasteiger charge is -2.36. The molecule has 1 aliphatic heterocycles. The SMILES string of the molecule is CCC(=O)N1CCN(c2ccc(NC(=O)c3ccc(-c4ccc(Cl)cc4Cl)o3)cc2Cl)CC1. The quantitative estimate of drug-likeness (QED) is 0.446. The largest absolute Gasteiger partial charge is 0.451 e. The molecule has 0 unspecified atom stereocenters. The Balaban J connectivity index is 1.42. The van der Waals surface area contributed by atoms with Gasteiger partial charge in [-0.25, -0.2) is 0 Å². The molecule has 3 aromatic rings. The number of anilines is 2. The normalized spacial score (nSPS) is 13.8. The molecule has 6 nitrogen and oxygen atoms in total. The van der Waals surface area contributed by atoms with Crippen LogP contribution < -0.4 is 10.2 Å². The standard InChI is InChI=1S/C24H22Cl3N3O3/c1-2-23(31)30-11-9-29(10-12-30)20-6-4-16(14-19(20)27)28-24(32)22-8-7-21(33-22)17-5-3-15(25)13-18(17)26/h3-8,13-14H,2,9-12H2,1H3,(H,28,32). The molecule has 33 heavy (non-hydrogen) atoms. The maximum atomic E-state index is 12.7. The zero-order valence-electron chi connectivity index (χ0n) is 17.9. The van der Waals surface area contributed by atoms with Gasteiger partial charge in [-0.15, -0.1) is 0 Å². The van der Waals surface area contributed by atoms with Crippen LogP contribution in [0.2, 0.25) is 15.1 Å². The molecule has 1 saturated heterocycles. The number of piperazine rings is 1. The first-order chi connectivity index (χ1) is 15.9. The van der Waals surface area contributed by atoms with E-state index in [4.69, 9.17) is 39.2 Å². The summed E-state index contributed by atoms with van der Waals surface area (Å²) < 4.78 is 5.70. The van der Waals surface area contributed by atoms with Gasteiger partial charge in [0.15, 0.2) is 5.76 Å². The first-order valence-electron chi connectivity index (χ1n) is 10.5. The maximum absolute atomic E-state index is 12.7. The average Bonchev–Trinajstić information content (AvgIpc) is 3.29. The van der Waals surface area contributed by atoms with Gasteiger partial charge in [-0.3, -0.25) is 9.59 Å². The summed E-state index contributed by atoms with van der Waals surface area (Å²) in [5.41, 5.74) is 2.07. The Labute approximate surface area is 207 Å². The molecule has 1 N–H and O–H groups in total. The lowest BCUT2D eigenvalue weighted by atomic mass is 10.2. The fourth-order valence-corrected chi connectivity index (χ4v) is 4.55. The van der Waals surface area contributed by atoms with Crippen LogP contribution in [0, 0.1) is 0 Å². The molecular weight excluding hydrogens is 485 g/mol. The van der Waals surface area contributed by atoms with E-state index in [0.29, 0.717) is 64.7 Å². The Bertz CT molecular complexity index is 1190. The van der Waals surface area contributed by atoms with Gasteiger partial charge in [-0.2, -0.15) is 0 Å². The third-order valence-corrected chi connectivity index (χ3v) is 6.36. The summed E-state index contributed by atoms with van der Waals surface area (Å²) >= 11 is 18.7. The van der Waals surface area contributed by atoms with Crippen molar-refractivity contribution in [3.05, 3.63) is 69.4 Å². The number of carbonyl (C=O) groups excluding carboxylic acids is 2. The van der Waals surface area contributed by atoms with Crippen molar-refractivity contribution in [3.8, 4) is 11.3 Å². The Morgan fingerprint density at radius 1 is 0.939 bits per heavy atom. The molecule has 2 aromatic carbocycles. The number of furan rings is 1. The van der Waals surface area contributed by atoms with Crippen LogP contribution in [0.3, 0.4) is 0 Å². The fraction of sp³-hybridized carbons (Fsp3) is 0.250. The second-order valence-corrected chi connectivity index (χ2v) is 8.88. The van der Waals surface area contributed by atoms with Crippen LogP contribution in [0.15, 0.2) is 52.9 Å². The van der Waals surface area contributed by atoms with Gasteiger partial charge in [0.1, 0.15) is 5.76 Å². The molecule has 1 fully saturated rings. The van der Waals surface area contributed by atoms with E-state index in [1.54, 1.807) is 42.5 Å². The molecule has 9 heteroatoms. The Hall–Kier alpha value is -2.67. The van der Waals surface area contributed by atoms with E-state index in [-0.39, 0.29) is 11.7 Å². The number of hydrogen-bond acceptors (Lipinski definition) is 4. The van der Waals surface area contributed by atoms with Gasteiger partial charge in [-0.1, -0.05) is 41.7 Å². The average molecular weight is 507 g/mol. The van der Waals surface area contributed by atoms with Crippen molar-refractivity contribution in [3.63, 3.8) is 0 Å². The minimum absolute atomic E-state index is 0.146. The van der Waals surface area contributed by atoms with E-state index in [0.717, 1.165) is 5.69 Å². The number of carbonyl (C=O) groups is 2. The van der Waals surface area contributed by atoms with Gasteiger partial charge < -0.3 is 19.5 Å². The summed E-state index contributed by atoms with van der Waals surface area (Å²) in [6, 6.07) is 13.7. The van der Waals surface area contributed by atoms with Crippen LogP contribution >= 0.6 is 34.8 Å². The number of rotatable bonds is 5. The van der Waals surface area contributed by atoms with Crippen molar-refractivity contribution in [2.24, 2.45) is 0 Å². The van der Waals surface area contributed by atoms with Crippen molar-refractivity contribution >= 4 is 58.0 Å². The first kappa shape index (κ1) is 23.5. The van der Waals surface area contributed by atoms with Crippen LogP contribution in [-0.4, -0.2) is 42.9 Å². The zero-order chi connectivity index (χ0) is 23.5. The minimum atomic E-state index is -0.401. The summed E-state index contributed by atoms with van der Waals surface area (Å²) in [6.07, 6.45) is 0.513. The lowest BCUT2D eigenvalue weighted by Crippen LogP contribution is -2.48. The van der Waals surface area contributed by atoms with Gasteiger partial charge in [0, 0.05) is 48.9 Å². The Morgan fingerprint density at radius 3 is 2.36 bits per heavy atom. The molecule has 172 valence electrons. The number of halogens is 3. The van der Waals surface area contributed by atoms with Crippen molar-refractivity contribution in [2.45, 2.75) is 13.3 Å². The number of hydrogen-bond donors (Lipinski definition) is 1. The molecule has 1 aliphatic rings.